The Labute approximate surface area is 207 Å². The maximum Gasteiger partial charge on any atom is 0.262 e. The second-order valence-electron chi connectivity index (χ2n) is 8.68. The third-order valence-corrected chi connectivity index (χ3v) is 6.75. The molecule has 0 atom stereocenters. The number of carbonyl (C=O) groups excluding carboxylic acids is 2. The van der Waals surface area contributed by atoms with E-state index in [1.165, 1.54) is 23.9 Å². The number of piperazine rings is 1. The van der Waals surface area contributed by atoms with E-state index in [0.717, 1.165) is 0 Å². The van der Waals surface area contributed by atoms with Crippen molar-refractivity contribution in [3.8, 4) is 0 Å². The first-order chi connectivity index (χ1) is 16.8. The second kappa shape index (κ2) is 11.0. The number of aromatic nitrogens is 2. The van der Waals surface area contributed by atoms with Gasteiger partial charge in [0.05, 0.1) is 23.2 Å². The molecule has 0 spiro atoms. The number of para-hydroxylation sites is 1. The molecule has 8 nitrogen and oxygen atoms in total. The van der Waals surface area contributed by atoms with Crippen LogP contribution in [0.3, 0.4) is 0 Å². The Morgan fingerprint density at radius 3 is 2.54 bits per heavy atom. The van der Waals surface area contributed by atoms with E-state index in [1.807, 2.05) is 30.9 Å². The van der Waals surface area contributed by atoms with Gasteiger partial charge in [0.1, 0.15) is 5.82 Å². The van der Waals surface area contributed by atoms with E-state index in [9.17, 15) is 18.8 Å². The number of amides is 2. The number of fused-ring (bicyclic) bond motifs is 1. The van der Waals surface area contributed by atoms with Gasteiger partial charge in [-0.25, -0.2) is 9.37 Å². The minimum atomic E-state index is -0.405. The maximum atomic E-state index is 13.3. The smallest absolute Gasteiger partial charge is 0.262 e. The molecule has 35 heavy (non-hydrogen) atoms. The average molecular weight is 498 g/mol. The molecule has 1 saturated heterocycles. The van der Waals surface area contributed by atoms with E-state index in [-0.39, 0.29) is 35.7 Å². The van der Waals surface area contributed by atoms with E-state index in [1.54, 1.807) is 33.7 Å². The van der Waals surface area contributed by atoms with Crippen LogP contribution < -0.4 is 10.9 Å². The fourth-order valence-corrected chi connectivity index (χ4v) is 5.06. The zero-order valence-corrected chi connectivity index (χ0v) is 20.6. The topological polar surface area (TPSA) is 87.5 Å². The van der Waals surface area contributed by atoms with Gasteiger partial charge in [-0.3, -0.25) is 23.9 Å². The molecule has 2 aromatic carbocycles. The number of thioether (sulfide) groups is 1. The molecule has 2 heterocycles. The SMILES string of the molecule is CC(C)n1c(SCC(=O)N2CCN(CC(=O)Nc3cccc(F)c3)CC2)nc2ccccc2c1=O. The molecule has 1 aliphatic heterocycles. The lowest BCUT2D eigenvalue weighted by Gasteiger charge is -2.34. The van der Waals surface area contributed by atoms with E-state index in [2.05, 4.69) is 10.3 Å². The molecule has 0 unspecified atom stereocenters. The molecule has 4 rings (SSSR count). The van der Waals surface area contributed by atoms with Crippen molar-refractivity contribution >= 4 is 40.2 Å². The number of anilines is 1. The van der Waals surface area contributed by atoms with E-state index < -0.39 is 5.82 Å². The fraction of sp³-hybridized carbons (Fsp3) is 0.360. The van der Waals surface area contributed by atoms with Crippen molar-refractivity contribution in [1.82, 2.24) is 19.4 Å². The van der Waals surface area contributed by atoms with Crippen LogP contribution in [-0.4, -0.2) is 69.6 Å². The number of hydrogen-bond acceptors (Lipinski definition) is 6. The summed E-state index contributed by atoms with van der Waals surface area (Å²) in [5.41, 5.74) is 0.933. The molecule has 3 aromatic rings. The highest BCUT2D eigenvalue weighted by atomic mass is 32.2. The van der Waals surface area contributed by atoms with Crippen molar-refractivity contribution in [1.29, 1.82) is 0 Å². The predicted octanol–water partition coefficient (Wildman–Crippen LogP) is 2.99. The summed E-state index contributed by atoms with van der Waals surface area (Å²) < 4.78 is 14.9. The van der Waals surface area contributed by atoms with Gasteiger partial charge in [-0.15, -0.1) is 0 Å². The Morgan fingerprint density at radius 1 is 1.09 bits per heavy atom. The van der Waals surface area contributed by atoms with Crippen LogP contribution in [0.1, 0.15) is 19.9 Å². The number of rotatable bonds is 7. The number of benzene rings is 2. The van der Waals surface area contributed by atoms with Crippen LogP contribution in [0.15, 0.2) is 58.5 Å². The van der Waals surface area contributed by atoms with Gasteiger partial charge in [-0.05, 0) is 44.2 Å². The van der Waals surface area contributed by atoms with Gasteiger partial charge >= 0.3 is 0 Å². The highest BCUT2D eigenvalue weighted by Crippen LogP contribution is 2.21. The number of hydrogen-bond donors (Lipinski definition) is 1. The quantitative estimate of drug-likeness (QED) is 0.399. The number of nitrogens with one attached hydrogen (secondary N) is 1. The van der Waals surface area contributed by atoms with Crippen LogP contribution in [0.5, 0.6) is 0 Å². The standard InChI is InChI=1S/C25H28FN5O3S/c1-17(2)31-24(34)20-8-3-4-9-21(20)28-25(31)35-16-23(33)30-12-10-29(11-13-30)15-22(32)27-19-7-5-6-18(26)14-19/h3-9,14,17H,10-13,15-16H2,1-2H3,(H,27,32). The monoisotopic (exact) mass is 497 g/mol. The molecule has 184 valence electrons. The van der Waals surface area contributed by atoms with Crippen LogP contribution in [0, 0.1) is 5.82 Å². The van der Waals surface area contributed by atoms with Crippen molar-refractivity contribution in [2.24, 2.45) is 0 Å². The average Bonchev–Trinajstić information content (AvgIpc) is 2.82. The molecule has 0 saturated carbocycles. The van der Waals surface area contributed by atoms with E-state index >= 15 is 0 Å². The predicted molar refractivity (Wildman–Crippen MR) is 135 cm³/mol. The van der Waals surface area contributed by atoms with Crippen molar-refractivity contribution in [2.75, 3.05) is 43.8 Å². The first kappa shape index (κ1) is 24.9. The molecule has 1 aliphatic rings. The van der Waals surface area contributed by atoms with Crippen molar-refractivity contribution in [3.05, 3.63) is 64.7 Å². The van der Waals surface area contributed by atoms with Crippen molar-refractivity contribution in [2.45, 2.75) is 25.0 Å². The molecule has 10 heteroatoms. The minimum Gasteiger partial charge on any atom is -0.339 e. The van der Waals surface area contributed by atoms with Crippen molar-refractivity contribution < 1.29 is 14.0 Å². The molecular formula is C25H28FN5O3S. The molecule has 0 bridgehead atoms. The Balaban J connectivity index is 1.31. The summed E-state index contributed by atoms with van der Waals surface area (Å²) in [6.45, 7) is 6.18. The second-order valence-corrected chi connectivity index (χ2v) is 9.63. The molecule has 0 radical (unpaired) electrons. The lowest BCUT2D eigenvalue weighted by Crippen LogP contribution is -2.50. The fourth-order valence-electron chi connectivity index (χ4n) is 4.03. The van der Waals surface area contributed by atoms with E-state index in [0.29, 0.717) is 47.9 Å². The van der Waals surface area contributed by atoms with Crippen LogP contribution in [-0.2, 0) is 9.59 Å². The van der Waals surface area contributed by atoms with E-state index in [4.69, 9.17) is 0 Å². The van der Waals surface area contributed by atoms with Gasteiger partial charge in [0.2, 0.25) is 11.8 Å². The molecule has 2 amide bonds. The van der Waals surface area contributed by atoms with Crippen molar-refractivity contribution in [3.63, 3.8) is 0 Å². The first-order valence-electron chi connectivity index (χ1n) is 11.5. The van der Waals surface area contributed by atoms with Gasteiger partial charge in [0, 0.05) is 37.9 Å². The van der Waals surface area contributed by atoms with Gasteiger partial charge in [0.25, 0.3) is 5.56 Å². The lowest BCUT2D eigenvalue weighted by atomic mass is 10.2. The Kier molecular flexibility index (Phi) is 7.82. The summed E-state index contributed by atoms with van der Waals surface area (Å²) in [5, 5.41) is 3.79. The largest absolute Gasteiger partial charge is 0.339 e. The zero-order valence-electron chi connectivity index (χ0n) is 19.7. The number of carbonyl (C=O) groups is 2. The third kappa shape index (κ3) is 6.07. The highest BCUT2D eigenvalue weighted by molar-refractivity contribution is 7.99. The molecule has 1 fully saturated rings. The Hall–Kier alpha value is -3.24. The first-order valence-corrected chi connectivity index (χ1v) is 12.5. The zero-order chi connectivity index (χ0) is 24.9. The molecular weight excluding hydrogens is 469 g/mol. The van der Waals surface area contributed by atoms with Crippen LogP contribution >= 0.6 is 11.8 Å². The summed E-state index contributed by atoms with van der Waals surface area (Å²) in [5.74, 6) is -0.481. The summed E-state index contributed by atoms with van der Waals surface area (Å²) in [6.07, 6.45) is 0. The van der Waals surface area contributed by atoms with Gasteiger partial charge in [-0.2, -0.15) is 0 Å². The molecule has 1 aromatic heterocycles. The summed E-state index contributed by atoms with van der Waals surface area (Å²) in [7, 11) is 0. The number of nitrogens with zero attached hydrogens (tertiary/aromatic N) is 4. The number of halogens is 1. The van der Waals surface area contributed by atoms with Gasteiger partial charge in [0.15, 0.2) is 5.16 Å². The van der Waals surface area contributed by atoms with Crippen LogP contribution in [0.4, 0.5) is 10.1 Å². The molecule has 1 N–H and O–H groups in total. The molecule has 0 aliphatic carbocycles. The van der Waals surface area contributed by atoms with Crippen LogP contribution in [0.25, 0.3) is 10.9 Å². The lowest BCUT2D eigenvalue weighted by molar-refractivity contribution is -0.130. The Morgan fingerprint density at radius 2 is 1.83 bits per heavy atom. The normalized spacial score (nSPS) is 14.5. The highest BCUT2D eigenvalue weighted by Gasteiger charge is 2.23. The third-order valence-electron chi connectivity index (χ3n) is 5.82. The van der Waals surface area contributed by atoms with Crippen LogP contribution in [0.2, 0.25) is 0 Å². The maximum absolute atomic E-state index is 13.3. The summed E-state index contributed by atoms with van der Waals surface area (Å²) >= 11 is 1.27. The minimum absolute atomic E-state index is 0.0309. The summed E-state index contributed by atoms with van der Waals surface area (Å²) in [4.78, 5) is 46.5. The van der Waals surface area contributed by atoms with Gasteiger partial charge in [-0.1, -0.05) is 30.0 Å². The Bertz CT molecular complexity index is 1290. The summed E-state index contributed by atoms with van der Waals surface area (Å²) in [6, 6.07) is 12.9. The van der Waals surface area contributed by atoms with Gasteiger partial charge < -0.3 is 10.2 Å².